The first-order chi connectivity index (χ1) is 30.3. The smallest absolute Gasteiger partial charge is 0.0726 e. The maximum absolute atomic E-state index is 2.52. The number of thiophene rings is 1. The Balaban J connectivity index is 1.12. The molecule has 11 aromatic rings. The standard InChI is InChI=1S/C59H37NS/c1-3-16-38(17-4-1)42-34-35-50-45-22-8-12-26-52(45)59(53-27-15-24-49(42)58(50)53)51-25-11-7-21-44(51)46-32-30-40(36-54(46)59)60(55-28-13-9-20-43(55)39-18-5-2-6-19-39)41-31-33-48-47-23-10-14-29-56(47)61-57(48)37-41/h1-37H. The first-order valence-corrected chi connectivity index (χ1v) is 21.9. The van der Waals surface area contributed by atoms with Crippen LogP contribution in [0, 0.1) is 0 Å². The first-order valence-electron chi connectivity index (χ1n) is 21.1. The Morgan fingerprint density at radius 2 is 0.836 bits per heavy atom. The average Bonchev–Trinajstić information content (AvgIpc) is 3.84. The third kappa shape index (κ3) is 4.88. The van der Waals surface area contributed by atoms with Crippen LogP contribution in [-0.2, 0) is 5.41 Å². The van der Waals surface area contributed by atoms with Crippen molar-refractivity contribution in [3.8, 4) is 44.5 Å². The van der Waals surface area contributed by atoms with Crippen LogP contribution >= 0.6 is 11.3 Å². The molecule has 1 spiro atoms. The van der Waals surface area contributed by atoms with Crippen LogP contribution in [0.15, 0.2) is 224 Å². The maximum Gasteiger partial charge on any atom is 0.0726 e. The molecule has 2 aliphatic carbocycles. The lowest BCUT2D eigenvalue weighted by molar-refractivity contribution is 0.773. The van der Waals surface area contributed by atoms with Gasteiger partial charge in [0.1, 0.15) is 0 Å². The molecule has 1 aromatic heterocycles. The third-order valence-corrected chi connectivity index (χ3v) is 14.4. The van der Waals surface area contributed by atoms with Gasteiger partial charge in [0.2, 0.25) is 0 Å². The van der Waals surface area contributed by atoms with Gasteiger partial charge in [-0.1, -0.05) is 188 Å². The second-order valence-corrected chi connectivity index (χ2v) is 17.4. The summed E-state index contributed by atoms with van der Waals surface area (Å²) in [6, 6.07) is 83.7. The van der Waals surface area contributed by atoms with Crippen LogP contribution in [0.25, 0.3) is 75.5 Å². The topological polar surface area (TPSA) is 3.24 Å². The van der Waals surface area contributed by atoms with Gasteiger partial charge in [-0.15, -0.1) is 11.3 Å². The maximum atomic E-state index is 2.52. The molecular formula is C59H37NS. The largest absolute Gasteiger partial charge is 0.310 e. The number of rotatable bonds is 5. The van der Waals surface area contributed by atoms with Crippen molar-refractivity contribution in [2.75, 3.05) is 4.90 Å². The van der Waals surface area contributed by atoms with Crippen LogP contribution in [0.3, 0.4) is 0 Å². The van der Waals surface area contributed by atoms with Gasteiger partial charge in [-0.3, -0.25) is 0 Å². The SMILES string of the molecule is c1ccc(-c2ccccc2N(c2ccc3c(c2)C2(c4ccccc4-3)c3ccccc3-c3ccc(-c4ccccc4)c4cccc2c34)c2ccc3c(c2)sc2ccccc23)cc1. The second kappa shape index (κ2) is 13.2. The number of benzene rings is 10. The summed E-state index contributed by atoms with van der Waals surface area (Å²) in [5.41, 5.74) is 18.2. The summed E-state index contributed by atoms with van der Waals surface area (Å²) in [7, 11) is 0. The van der Waals surface area contributed by atoms with Gasteiger partial charge in [0.05, 0.1) is 11.1 Å². The van der Waals surface area contributed by atoms with Crippen LogP contribution in [0.4, 0.5) is 17.1 Å². The number of hydrogen-bond acceptors (Lipinski definition) is 2. The zero-order valence-electron chi connectivity index (χ0n) is 33.2. The van der Waals surface area contributed by atoms with Crippen molar-refractivity contribution in [1.29, 1.82) is 0 Å². The van der Waals surface area contributed by atoms with E-state index in [4.69, 9.17) is 0 Å². The molecule has 1 nitrogen and oxygen atoms in total. The third-order valence-electron chi connectivity index (χ3n) is 13.3. The predicted molar refractivity (Wildman–Crippen MR) is 259 cm³/mol. The van der Waals surface area contributed by atoms with Crippen LogP contribution in [0.2, 0.25) is 0 Å². The molecular weight excluding hydrogens is 755 g/mol. The summed E-state index contributed by atoms with van der Waals surface area (Å²) in [6.45, 7) is 0. The van der Waals surface area contributed by atoms with Crippen molar-refractivity contribution >= 4 is 59.3 Å². The van der Waals surface area contributed by atoms with Gasteiger partial charge in [-0.05, 0) is 108 Å². The Labute approximate surface area is 359 Å². The summed E-state index contributed by atoms with van der Waals surface area (Å²) in [5.74, 6) is 0. The van der Waals surface area contributed by atoms with Gasteiger partial charge < -0.3 is 4.90 Å². The number of nitrogens with zero attached hydrogens (tertiary/aromatic N) is 1. The fourth-order valence-corrected chi connectivity index (χ4v) is 11.9. The van der Waals surface area contributed by atoms with Gasteiger partial charge in [-0.25, -0.2) is 0 Å². The van der Waals surface area contributed by atoms with Gasteiger partial charge >= 0.3 is 0 Å². The van der Waals surface area contributed by atoms with E-state index in [-0.39, 0.29) is 0 Å². The molecule has 0 fully saturated rings. The van der Waals surface area contributed by atoms with Gasteiger partial charge in [0, 0.05) is 37.1 Å². The van der Waals surface area contributed by atoms with E-state index >= 15 is 0 Å². The Morgan fingerprint density at radius 3 is 1.62 bits per heavy atom. The van der Waals surface area contributed by atoms with Crippen molar-refractivity contribution in [2.24, 2.45) is 0 Å². The summed E-state index contributed by atoms with van der Waals surface area (Å²) >= 11 is 1.87. The minimum Gasteiger partial charge on any atom is -0.310 e. The summed E-state index contributed by atoms with van der Waals surface area (Å²) in [4.78, 5) is 2.50. The molecule has 0 saturated heterocycles. The molecule has 284 valence electrons. The lowest BCUT2D eigenvalue weighted by Gasteiger charge is -2.40. The van der Waals surface area contributed by atoms with E-state index in [9.17, 15) is 0 Å². The molecule has 2 heteroatoms. The average molecular weight is 792 g/mol. The van der Waals surface area contributed by atoms with Crippen molar-refractivity contribution in [3.05, 3.63) is 247 Å². The number of para-hydroxylation sites is 1. The fourth-order valence-electron chi connectivity index (χ4n) is 10.8. The molecule has 0 aliphatic heterocycles. The lowest BCUT2D eigenvalue weighted by atomic mass is 9.61. The van der Waals surface area contributed by atoms with Crippen LogP contribution < -0.4 is 4.90 Å². The van der Waals surface area contributed by atoms with E-state index < -0.39 is 5.41 Å². The molecule has 0 amide bonds. The predicted octanol–water partition coefficient (Wildman–Crippen LogP) is 16.4. The quantitative estimate of drug-likeness (QED) is 0.168. The van der Waals surface area contributed by atoms with E-state index in [0.29, 0.717) is 0 Å². The molecule has 0 radical (unpaired) electrons. The fraction of sp³-hybridized carbons (Fsp3) is 0.0169. The lowest BCUT2D eigenvalue weighted by Crippen LogP contribution is -2.32. The highest BCUT2D eigenvalue weighted by molar-refractivity contribution is 7.25. The first kappa shape index (κ1) is 34.4. The van der Waals surface area contributed by atoms with Crippen LogP contribution in [-0.4, -0.2) is 0 Å². The van der Waals surface area contributed by atoms with Crippen molar-refractivity contribution in [3.63, 3.8) is 0 Å². The molecule has 1 heterocycles. The molecule has 10 aromatic carbocycles. The Bertz CT molecular complexity index is 3550. The molecule has 13 rings (SSSR count). The van der Waals surface area contributed by atoms with Gasteiger partial charge in [0.15, 0.2) is 0 Å². The van der Waals surface area contributed by atoms with E-state index in [1.165, 1.54) is 97.7 Å². The van der Waals surface area contributed by atoms with Crippen LogP contribution in [0.1, 0.15) is 22.3 Å². The molecule has 61 heavy (non-hydrogen) atoms. The minimum atomic E-state index is -0.555. The van der Waals surface area contributed by atoms with E-state index in [0.717, 1.165) is 17.1 Å². The number of fused-ring (bicyclic) bond motifs is 12. The highest BCUT2D eigenvalue weighted by Gasteiger charge is 2.50. The number of anilines is 3. The highest BCUT2D eigenvalue weighted by atomic mass is 32.1. The Morgan fingerprint density at radius 1 is 0.311 bits per heavy atom. The Kier molecular flexibility index (Phi) is 7.46. The van der Waals surface area contributed by atoms with Crippen molar-refractivity contribution < 1.29 is 0 Å². The molecule has 1 atom stereocenters. The van der Waals surface area contributed by atoms with Gasteiger partial charge in [0.25, 0.3) is 0 Å². The van der Waals surface area contributed by atoms with E-state index in [1.54, 1.807) is 0 Å². The van der Waals surface area contributed by atoms with E-state index in [2.05, 4.69) is 229 Å². The van der Waals surface area contributed by atoms with Crippen LogP contribution in [0.5, 0.6) is 0 Å². The minimum absolute atomic E-state index is 0.555. The van der Waals surface area contributed by atoms with Gasteiger partial charge in [-0.2, -0.15) is 0 Å². The zero-order valence-corrected chi connectivity index (χ0v) is 34.0. The Hall–Kier alpha value is -7.52. The zero-order chi connectivity index (χ0) is 40.1. The molecule has 0 bridgehead atoms. The monoisotopic (exact) mass is 791 g/mol. The highest BCUT2D eigenvalue weighted by Crippen LogP contribution is 2.63. The molecule has 0 N–H and O–H groups in total. The number of hydrogen-bond donors (Lipinski definition) is 0. The molecule has 2 aliphatic rings. The normalized spacial score (nSPS) is 14.6. The molecule has 0 saturated carbocycles. The summed E-state index contributed by atoms with van der Waals surface area (Å²) in [6.07, 6.45) is 0. The van der Waals surface area contributed by atoms with E-state index in [1.807, 2.05) is 11.3 Å². The van der Waals surface area contributed by atoms with Crippen molar-refractivity contribution in [1.82, 2.24) is 0 Å². The summed E-state index contributed by atoms with van der Waals surface area (Å²) in [5, 5.41) is 5.22. The summed E-state index contributed by atoms with van der Waals surface area (Å²) < 4.78 is 2.59. The molecule has 1 unspecified atom stereocenters. The second-order valence-electron chi connectivity index (χ2n) is 16.3. The van der Waals surface area contributed by atoms with Crippen molar-refractivity contribution in [2.45, 2.75) is 5.41 Å².